The molecular formula is C24H22ClN3OS. The second kappa shape index (κ2) is 8.22. The average Bonchev–Trinajstić information content (AvgIpc) is 2.76. The van der Waals surface area contributed by atoms with Crippen LogP contribution in [0.15, 0.2) is 70.0 Å². The molecule has 1 aliphatic carbocycles. The molecule has 30 heavy (non-hydrogen) atoms. The molecule has 0 unspecified atom stereocenters. The van der Waals surface area contributed by atoms with Crippen LogP contribution in [0.2, 0.25) is 5.02 Å². The summed E-state index contributed by atoms with van der Waals surface area (Å²) >= 11 is 8.03. The summed E-state index contributed by atoms with van der Waals surface area (Å²) in [6.07, 6.45) is 4.00. The number of nitrogens with zero attached hydrogens (tertiary/aromatic N) is 2. The molecule has 0 fully saturated rings. The average molecular weight is 436 g/mol. The van der Waals surface area contributed by atoms with Gasteiger partial charge in [0.25, 0.3) is 0 Å². The molecule has 0 bridgehead atoms. The first-order chi connectivity index (χ1) is 14.5. The molecule has 0 radical (unpaired) electrons. The lowest BCUT2D eigenvalue weighted by atomic mass is 9.75. The van der Waals surface area contributed by atoms with Crippen LogP contribution in [0.3, 0.4) is 0 Å². The number of carbonyl (C=O) groups excluding carboxylic acids is 1. The molecule has 2 aromatic rings. The van der Waals surface area contributed by atoms with E-state index >= 15 is 0 Å². The maximum Gasteiger partial charge on any atom is 0.161 e. The van der Waals surface area contributed by atoms with Crippen molar-refractivity contribution in [2.45, 2.75) is 37.0 Å². The van der Waals surface area contributed by atoms with E-state index < -0.39 is 5.92 Å². The van der Waals surface area contributed by atoms with Crippen molar-refractivity contribution in [1.29, 1.82) is 5.26 Å². The van der Waals surface area contributed by atoms with Gasteiger partial charge in [0, 0.05) is 27.6 Å². The molecule has 0 amide bonds. The van der Waals surface area contributed by atoms with Gasteiger partial charge in [0.15, 0.2) is 5.78 Å². The van der Waals surface area contributed by atoms with Gasteiger partial charge in [0.1, 0.15) is 5.82 Å². The second-order valence-electron chi connectivity index (χ2n) is 7.47. The highest BCUT2D eigenvalue weighted by molar-refractivity contribution is 7.98. The zero-order chi connectivity index (χ0) is 21.4. The molecular weight excluding hydrogens is 414 g/mol. The molecule has 6 heteroatoms. The summed E-state index contributed by atoms with van der Waals surface area (Å²) < 4.78 is 0. The fourth-order valence-corrected chi connectivity index (χ4v) is 4.91. The number of Topliss-reactive ketones (excluding diaryl/α,β-unsaturated/α-hetero) is 1. The zero-order valence-electron chi connectivity index (χ0n) is 16.9. The Morgan fingerprint density at radius 1 is 1.20 bits per heavy atom. The maximum atomic E-state index is 13.1. The first-order valence-corrected chi connectivity index (χ1v) is 11.4. The number of thioether (sulfide) groups is 1. The summed E-state index contributed by atoms with van der Waals surface area (Å²) in [5.74, 6) is 0.0137. The minimum atomic E-state index is -0.440. The van der Waals surface area contributed by atoms with E-state index in [0.717, 1.165) is 40.2 Å². The van der Waals surface area contributed by atoms with Crippen molar-refractivity contribution in [3.8, 4) is 6.07 Å². The van der Waals surface area contributed by atoms with E-state index in [2.05, 4.69) is 6.07 Å². The molecule has 2 aliphatic rings. The van der Waals surface area contributed by atoms with Crippen molar-refractivity contribution < 1.29 is 4.79 Å². The predicted molar refractivity (Wildman–Crippen MR) is 122 cm³/mol. The standard InChI is InChI=1S/C24H22ClN3OS/c1-14-18(25)5-3-6-19(14)28-20-7-4-8-21(29)23(20)22(17(13-26)24(28)27)15-9-11-16(30-2)12-10-15/h3,5-6,9-12,22H,4,7-8,27H2,1-2H3/t22-/m0/s1. The van der Waals surface area contributed by atoms with Gasteiger partial charge in [0.05, 0.1) is 23.2 Å². The Balaban J connectivity index is 1.96. The number of halogens is 1. The molecule has 152 valence electrons. The highest BCUT2D eigenvalue weighted by atomic mass is 35.5. The van der Waals surface area contributed by atoms with Crippen molar-refractivity contribution in [3.05, 3.63) is 81.3 Å². The summed E-state index contributed by atoms with van der Waals surface area (Å²) in [7, 11) is 0. The molecule has 1 heterocycles. The van der Waals surface area contributed by atoms with Crippen molar-refractivity contribution in [3.63, 3.8) is 0 Å². The van der Waals surface area contributed by atoms with Gasteiger partial charge in [-0.25, -0.2) is 0 Å². The van der Waals surface area contributed by atoms with Gasteiger partial charge in [-0.1, -0.05) is 29.8 Å². The smallest absolute Gasteiger partial charge is 0.161 e. The third-order valence-corrected chi connectivity index (χ3v) is 7.00. The summed E-state index contributed by atoms with van der Waals surface area (Å²) in [5, 5.41) is 10.7. The Labute approximate surface area is 186 Å². The number of benzene rings is 2. The van der Waals surface area contributed by atoms with Crippen molar-refractivity contribution in [1.82, 2.24) is 0 Å². The number of nitrogens with two attached hydrogens (primary N) is 1. The Kier molecular flexibility index (Phi) is 5.64. The van der Waals surface area contributed by atoms with Crippen molar-refractivity contribution in [2.24, 2.45) is 5.73 Å². The number of carbonyl (C=O) groups is 1. The lowest BCUT2D eigenvalue weighted by Gasteiger charge is -2.40. The van der Waals surface area contributed by atoms with Gasteiger partial charge in [0.2, 0.25) is 0 Å². The number of hydrogen-bond acceptors (Lipinski definition) is 5. The molecule has 0 aromatic heterocycles. The first kappa shape index (κ1) is 20.6. The third-order valence-electron chi connectivity index (χ3n) is 5.84. The van der Waals surface area contributed by atoms with Crippen LogP contribution in [0.25, 0.3) is 0 Å². The lowest BCUT2D eigenvalue weighted by Crippen LogP contribution is -2.39. The fourth-order valence-electron chi connectivity index (χ4n) is 4.33. The molecule has 0 spiro atoms. The van der Waals surface area contributed by atoms with Gasteiger partial charge in [-0.05, 0) is 61.4 Å². The maximum absolute atomic E-state index is 13.1. The van der Waals surface area contributed by atoms with Gasteiger partial charge >= 0.3 is 0 Å². The van der Waals surface area contributed by atoms with E-state index in [9.17, 15) is 10.1 Å². The minimum absolute atomic E-state index is 0.0834. The Bertz CT molecular complexity index is 1130. The molecule has 1 aliphatic heterocycles. The second-order valence-corrected chi connectivity index (χ2v) is 8.76. The first-order valence-electron chi connectivity index (χ1n) is 9.83. The molecule has 4 nitrogen and oxygen atoms in total. The van der Waals surface area contributed by atoms with Crippen LogP contribution in [0.5, 0.6) is 0 Å². The van der Waals surface area contributed by atoms with Crippen LogP contribution in [0.1, 0.15) is 36.3 Å². The summed E-state index contributed by atoms with van der Waals surface area (Å²) in [6.45, 7) is 1.93. The molecule has 0 saturated carbocycles. The fraction of sp³-hybridized carbons (Fsp3) is 0.250. The number of allylic oxidation sites excluding steroid dienone is 3. The van der Waals surface area contributed by atoms with Crippen LogP contribution in [-0.4, -0.2) is 12.0 Å². The Morgan fingerprint density at radius 3 is 2.60 bits per heavy atom. The number of hydrogen-bond donors (Lipinski definition) is 1. The SMILES string of the molecule is CSc1ccc([C@H]2C(C#N)=C(N)N(c3cccc(Cl)c3C)C3=C2C(=O)CCC3)cc1. The lowest BCUT2D eigenvalue weighted by molar-refractivity contribution is -0.116. The monoisotopic (exact) mass is 435 g/mol. The number of anilines is 1. The summed E-state index contributed by atoms with van der Waals surface area (Å²) in [6, 6.07) is 16.0. The van der Waals surface area contributed by atoms with E-state index in [1.807, 2.05) is 60.5 Å². The normalized spacial score (nSPS) is 19.1. The van der Waals surface area contributed by atoms with E-state index in [0.29, 0.717) is 28.4 Å². The number of rotatable bonds is 3. The molecule has 1 atom stereocenters. The summed E-state index contributed by atoms with van der Waals surface area (Å²) in [5.41, 5.74) is 11.2. The molecule has 0 saturated heterocycles. The van der Waals surface area contributed by atoms with Crippen LogP contribution in [0, 0.1) is 18.3 Å². The quantitative estimate of drug-likeness (QED) is 0.628. The minimum Gasteiger partial charge on any atom is -0.384 e. The zero-order valence-corrected chi connectivity index (χ0v) is 18.5. The van der Waals surface area contributed by atoms with E-state index in [1.165, 1.54) is 0 Å². The number of ketones is 1. The predicted octanol–water partition coefficient (Wildman–Crippen LogP) is 5.68. The third kappa shape index (κ3) is 3.30. The van der Waals surface area contributed by atoms with Gasteiger partial charge in [-0.2, -0.15) is 5.26 Å². The molecule has 4 rings (SSSR count). The van der Waals surface area contributed by atoms with Crippen molar-refractivity contribution >= 4 is 34.8 Å². The van der Waals surface area contributed by atoms with Crippen LogP contribution in [-0.2, 0) is 4.79 Å². The van der Waals surface area contributed by atoms with Gasteiger partial charge < -0.3 is 5.73 Å². The van der Waals surface area contributed by atoms with Gasteiger partial charge in [-0.15, -0.1) is 11.8 Å². The Hall–Kier alpha value is -2.68. The van der Waals surface area contributed by atoms with Gasteiger partial charge in [-0.3, -0.25) is 9.69 Å². The van der Waals surface area contributed by atoms with Crippen LogP contribution >= 0.6 is 23.4 Å². The number of nitriles is 1. The topological polar surface area (TPSA) is 70.1 Å². The molecule has 2 N–H and O–H groups in total. The highest BCUT2D eigenvalue weighted by Gasteiger charge is 2.40. The highest BCUT2D eigenvalue weighted by Crippen LogP contribution is 2.47. The largest absolute Gasteiger partial charge is 0.384 e. The van der Waals surface area contributed by atoms with Crippen molar-refractivity contribution in [2.75, 3.05) is 11.2 Å². The van der Waals surface area contributed by atoms with E-state index in [4.69, 9.17) is 17.3 Å². The Morgan fingerprint density at radius 2 is 1.93 bits per heavy atom. The van der Waals surface area contributed by atoms with E-state index in [1.54, 1.807) is 11.8 Å². The van der Waals surface area contributed by atoms with Crippen LogP contribution in [0.4, 0.5) is 5.69 Å². The van der Waals surface area contributed by atoms with Crippen LogP contribution < -0.4 is 10.6 Å². The van der Waals surface area contributed by atoms with E-state index in [-0.39, 0.29) is 5.78 Å². The molecule has 2 aromatic carbocycles. The summed E-state index contributed by atoms with van der Waals surface area (Å²) in [4.78, 5) is 16.1.